The van der Waals surface area contributed by atoms with Crippen LogP contribution in [0.2, 0.25) is 0 Å². The maximum atomic E-state index is 12.3. The van der Waals surface area contributed by atoms with E-state index in [1.54, 1.807) is 11.8 Å². The molecule has 1 aromatic carbocycles. The van der Waals surface area contributed by atoms with E-state index < -0.39 is 0 Å². The Kier molecular flexibility index (Phi) is 3.81. The summed E-state index contributed by atoms with van der Waals surface area (Å²) in [6, 6.07) is 5.95. The molecular formula is C15H16N2OS2. The predicted molar refractivity (Wildman–Crippen MR) is 85.0 cm³/mol. The van der Waals surface area contributed by atoms with E-state index in [-0.39, 0.29) is 5.91 Å². The van der Waals surface area contributed by atoms with Crippen molar-refractivity contribution in [2.45, 2.75) is 30.6 Å². The number of rotatable bonds is 4. The number of amides is 1. The fourth-order valence-electron chi connectivity index (χ4n) is 2.05. The zero-order chi connectivity index (χ0) is 14.1. The van der Waals surface area contributed by atoms with Crippen LogP contribution in [0.25, 0.3) is 0 Å². The Morgan fingerprint density at radius 3 is 2.95 bits per heavy atom. The monoisotopic (exact) mass is 304 g/mol. The topological polar surface area (TPSA) is 42.0 Å². The van der Waals surface area contributed by atoms with Crippen LogP contribution in [0.5, 0.6) is 0 Å². The zero-order valence-corrected chi connectivity index (χ0v) is 13.1. The third-order valence-corrected chi connectivity index (χ3v) is 4.93. The van der Waals surface area contributed by atoms with Crippen LogP contribution in [-0.2, 0) is 0 Å². The predicted octanol–water partition coefficient (Wildman–Crippen LogP) is 4.30. The second-order valence-corrected chi connectivity index (χ2v) is 6.72. The minimum Gasteiger partial charge on any atom is -0.298 e. The Morgan fingerprint density at radius 1 is 1.45 bits per heavy atom. The number of carbonyl (C=O) groups excluding carboxylic acids is 1. The third kappa shape index (κ3) is 2.88. The number of nitrogens with zero attached hydrogens (tertiary/aromatic N) is 1. The molecule has 1 amide bonds. The number of thioether (sulfide) groups is 1. The summed E-state index contributed by atoms with van der Waals surface area (Å²) in [5, 5.41) is 5.67. The number of hydrogen-bond acceptors (Lipinski definition) is 4. The smallest absolute Gasteiger partial charge is 0.257 e. The maximum absolute atomic E-state index is 12.3. The SMILES string of the molecule is CSc1ccc(C)c(C(=O)Nc2nc(C3CC3)cs2)c1. The Labute approximate surface area is 126 Å². The molecule has 1 aromatic heterocycles. The van der Waals surface area contributed by atoms with Gasteiger partial charge in [-0.25, -0.2) is 4.98 Å². The van der Waals surface area contributed by atoms with E-state index >= 15 is 0 Å². The lowest BCUT2D eigenvalue weighted by molar-refractivity contribution is 0.102. The fraction of sp³-hybridized carbons (Fsp3) is 0.333. The van der Waals surface area contributed by atoms with Gasteiger partial charge in [0.05, 0.1) is 5.69 Å². The van der Waals surface area contributed by atoms with Crippen molar-refractivity contribution in [3.63, 3.8) is 0 Å². The molecule has 1 aliphatic carbocycles. The molecule has 0 spiro atoms. The van der Waals surface area contributed by atoms with Gasteiger partial charge in [-0.3, -0.25) is 10.1 Å². The highest BCUT2D eigenvalue weighted by atomic mass is 32.2. The van der Waals surface area contributed by atoms with Crippen LogP contribution in [0.1, 0.15) is 40.4 Å². The van der Waals surface area contributed by atoms with Crippen molar-refractivity contribution in [2.75, 3.05) is 11.6 Å². The van der Waals surface area contributed by atoms with Gasteiger partial charge in [-0.1, -0.05) is 6.07 Å². The van der Waals surface area contributed by atoms with Crippen molar-refractivity contribution in [3.05, 3.63) is 40.4 Å². The number of carbonyl (C=O) groups is 1. The first-order valence-corrected chi connectivity index (χ1v) is 8.69. The number of thiazole rings is 1. The van der Waals surface area contributed by atoms with Gasteiger partial charge in [-0.2, -0.15) is 0 Å². The highest BCUT2D eigenvalue weighted by Gasteiger charge is 2.26. The Hall–Kier alpha value is -1.33. The average Bonchev–Trinajstić information content (AvgIpc) is 3.20. The molecule has 0 aliphatic heterocycles. The summed E-state index contributed by atoms with van der Waals surface area (Å²) in [5.41, 5.74) is 2.83. The first kappa shape index (κ1) is 13.6. The summed E-state index contributed by atoms with van der Waals surface area (Å²) in [6.45, 7) is 1.95. The summed E-state index contributed by atoms with van der Waals surface area (Å²) < 4.78 is 0. The largest absolute Gasteiger partial charge is 0.298 e. The van der Waals surface area contributed by atoms with Crippen LogP contribution in [-0.4, -0.2) is 17.1 Å². The molecule has 1 N–H and O–H groups in total. The first-order chi connectivity index (χ1) is 9.67. The number of nitrogens with one attached hydrogen (secondary N) is 1. The fourth-order valence-corrected chi connectivity index (χ4v) is 3.27. The highest BCUT2D eigenvalue weighted by Crippen LogP contribution is 2.40. The number of anilines is 1. The van der Waals surface area contributed by atoms with Crippen molar-refractivity contribution in [1.82, 2.24) is 4.98 Å². The van der Waals surface area contributed by atoms with Gasteiger partial charge in [0.15, 0.2) is 5.13 Å². The standard InChI is InChI=1S/C15H16N2OS2/c1-9-3-6-11(19-2)7-12(9)14(18)17-15-16-13(8-20-15)10-4-5-10/h3,6-8,10H,4-5H2,1-2H3,(H,16,17,18). The molecular weight excluding hydrogens is 288 g/mol. The van der Waals surface area contributed by atoms with Crippen molar-refractivity contribution in [1.29, 1.82) is 0 Å². The third-order valence-electron chi connectivity index (χ3n) is 3.43. The molecule has 5 heteroatoms. The van der Waals surface area contributed by atoms with E-state index in [0.717, 1.165) is 21.7 Å². The van der Waals surface area contributed by atoms with Gasteiger partial charge in [0.25, 0.3) is 5.91 Å². The summed E-state index contributed by atoms with van der Waals surface area (Å²) in [6.07, 6.45) is 4.47. The van der Waals surface area contributed by atoms with Gasteiger partial charge in [0.1, 0.15) is 0 Å². The minimum atomic E-state index is -0.0740. The Balaban J connectivity index is 1.77. The summed E-state index contributed by atoms with van der Waals surface area (Å²) in [4.78, 5) is 17.9. The normalized spacial score (nSPS) is 14.3. The number of aryl methyl sites for hydroxylation is 1. The Bertz CT molecular complexity index is 647. The lowest BCUT2D eigenvalue weighted by Crippen LogP contribution is -2.13. The molecule has 104 valence electrons. The molecule has 1 fully saturated rings. The van der Waals surface area contributed by atoms with Crippen LogP contribution in [0.3, 0.4) is 0 Å². The van der Waals surface area contributed by atoms with Gasteiger partial charge < -0.3 is 0 Å². The van der Waals surface area contributed by atoms with E-state index in [0.29, 0.717) is 11.0 Å². The first-order valence-electron chi connectivity index (χ1n) is 6.59. The molecule has 0 atom stereocenters. The van der Waals surface area contributed by atoms with E-state index in [2.05, 4.69) is 15.7 Å². The molecule has 0 unspecified atom stereocenters. The van der Waals surface area contributed by atoms with Crippen molar-refractivity contribution >= 4 is 34.1 Å². The lowest BCUT2D eigenvalue weighted by atomic mass is 10.1. The molecule has 2 aromatic rings. The lowest BCUT2D eigenvalue weighted by Gasteiger charge is -2.07. The summed E-state index contributed by atoms with van der Waals surface area (Å²) >= 11 is 3.15. The summed E-state index contributed by atoms with van der Waals surface area (Å²) in [7, 11) is 0. The summed E-state index contributed by atoms with van der Waals surface area (Å²) in [5.74, 6) is 0.550. The number of benzene rings is 1. The van der Waals surface area contributed by atoms with E-state index in [9.17, 15) is 4.79 Å². The van der Waals surface area contributed by atoms with Crippen LogP contribution in [0.15, 0.2) is 28.5 Å². The molecule has 1 aliphatic rings. The van der Waals surface area contributed by atoms with Crippen molar-refractivity contribution in [2.24, 2.45) is 0 Å². The van der Waals surface area contributed by atoms with Gasteiger partial charge in [0.2, 0.25) is 0 Å². The van der Waals surface area contributed by atoms with Gasteiger partial charge in [0, 0.05) is 21.8 Å². The molecule has 20 heavy (non-hydrogen) atoms. The van der Waals surface area contributed by atoms with Crippen molar-refractivity contribution < 1.29 is 4.79 Å². The van der Waals surface area contributed by atoms with E-state index in [1.807, 2.05) is 31.4 Å². The minimum absolute atomic E-state index is 0.0740. The molecule has 0 bridgehead atoms. The molecule has 1 heterocycles. The average molecular weight is 304 g/mol. The van der Waals surface area contributed by atoms with Crippen LogP contribution >= 0.6 is 23.1 Å². The van der Waals surface area contributed by atoms with Crippen molar-refractivity contribution in [3.8, 4) is 0 Å². The quantitative estimate of drug-likeness (QED) is 0.856. The van der Waals surface area contributed by atoms with Gasteiger partial charge >= 0.3 is 0 Å². The maximum Gasteiger partial charge on any atom is 0.257 e. The van der Waals surface area contributed by atoms with E-state index in [4.69, 9.17) is 0 Å². The molecule has 1 saturated carbocycles. The highest BCUT2D eigenvalue weighted by molar-refractivity contribution is 7.98. The number of hydrogen-bond donors (Lipinski definition) is 1. The van der Waals surface area contributed by atoms with E-state index in [1.165, 1.54) is 24.2 Å². The second-order valence-electron chi connectivity index (χ2n) is 4.99. The van der Waals surface area contributed by atoms with Crippen LogP contribution < -0.4 is 5.32 Å². The van der Waals surface area contributed by atoms with Crippen LogP contribution in [0.4, 0.5) is 5.13 Å². The zero-order valence-electron chi connectivity index (χ0n) is 11.5. The van der Waals surface area contributed by atoms with Crippen LogP contribution in [0, 0.1) is 6.92 Å². The molecule has 3 rings (SSSR count). The Morgan fingerprint density at radius 2 is 2.25 bits per heavy atom. The van der Waals surface area contributed by atoms with Gasteiger partial charge in [-0.15, -0.1) is 23.1 Å². The molecule has 0 saturated heterocycles. The molecule has 0 radical (unpaired) electrons. The second kappa shape index (κ2) is 5.58. The van der Waals surface area contributed by atoms with Gasteiger partial charge in [-0.05, 0) is 43.7 Å². The molecule has 3 nitrogen and oxygen atoms in total. The number of aromatic nitrogens is 1.